The third-order valence-electron chi connectivity index (χ3n) is 7.04. The second kappa shape index (κ2) is 12.5. The summed E-state index contributed by atoms with van der Waals surface area (Å²) >= 11 is 1.34. The Kier molecular flexibility index (Phi) is 8.18. The lowest BCUT2D eigenvalue weighted by atomic mass is 10.1. The number of nitrogens with zero attached hydrogens (tertiary/aromatic N) is 5. The minimum Gasteiger partial charge on any atom is -0.347 e. The Bertz CT molecular complexity index is 2070. The third kappa shape index (κ3) is 6.22. The van der Waals surface area contributed by atoms with Gasteiger partial charge in [-0.05, 0) is 71.1 Å². The second-order valence-electron chi connectivity index (χ2n) is 9.98. The number of fused-ring (bicyclic) bond motifs is 1. The van der Waals surface area contributed by atoms with Crippen LogP contribution < -0.4 is 9.62 Å². The molecule has 0 saturated carbocycles. The quantitative estimate of drug-likeness (QED) is 0.209. The number of anilines is 1. The zero-order valence-electron chi connectivity index (χ0n) is 23.4. The standard InChI is InChI=1S/C33H26N6O3S2/c34-19-24-8-10-25(11-9-24)22-38-16-15-36-32(38)23-39(44(41,42)29-6-2-1-3-7-29)28-12-13-30-27(17-28)18-31(43-30)33(40)37-21-26-5-4-14-35-20-26/h1-18,20H,21-23H2,(H,37,40). The number of benzene rings is 3. The van der Waals surface area contributed by atoms with Crippen LogP contribution in [0.4, 0.5) is 5.69 Å². The molecular weight excluding hydrogens is 593 g/mol. The van der Waals surface area contributed by atoms with Gasteiger partial charge in [0.15, 0.2) is 0 Å². The third-order valence-corrected chi connectivity index (χ3v) is 9.94. The fourth-order valence-corrected chi connectivity index (χ4v) is 7.14. The molecule has 0 aliphatic rings. The summed E-state index contributed by atoms with van der Waals surface area (Å²) in [6, 6.07) is 28.5. The van der Waals surface area contributed by atoms with Gasteiger partial charge < -0.3 is 9.88 Å². The van der Waals surface area contributed by atoms with Gasteiger partial charge in [-0.15, -0.1) is 11.3 Å². The van der Waals surface area contributed by atoms with Gasteiger partial charge in [-0.25, -0.2) is 13.4 Å². The molecule has 1 amide bonds. The lowest BCUT2D eigenvalue weighted by Crippen LogP contribution is -2.31. The van der Waals surface area contributed by atoms with Crippen molar-refractivity contribution in [2.45, 2.75) is 24.5 Å². The SMILES string of the molecule is N#Cc1ccc(Cn2ccnc2CN(c2ccc3sc(C(=O)NCc4cccnc4)cc3c2)S(=O)(=O)c2ccccc2)cc1. The predicted octanol–water partition coefficient (Wildman–Crippen LogP) is 5.74. The number of thiophene rings is 1. The van der Waals surface area contributed by atoms with Gasteiger partial charge in [-0.1, -0.05) is 36.4 Å². The van der Waals surface area contributed by atoms with Crippen LogP contribution in [0.1, 0.15) is 32.2 Å². The zero-order chi connectivity index (χ0) is 30.5. The predicted molar refractivity (Wildman–Crippen MR) is 170 cm³/mol. The maximum atomic E-state index is 14.1. The van der Waals surface area contributed by atoms with Gasteiger partial charge in [-0.2, -0.15) is 5.26 Å². The van der Waals surface area contributed by atoms with Crippen molar-refractivity contribution in [3.63, 3.8) is 0 Å². The molecule has 0 radical (unpaired) electrons. The number of aromatic nitrogens is 3. The second-order valence-corrected chi connectivity index (χ2v) is 12.9. The monoisotopic (exact) mass is 618 g/mol. The van der Waals surface area contributed by atoms with E-state index in [9.17, 15) is 13.2 Å². The molecule has 0 bridgehead atoms. The van der Waals surface area contributed by atoms with Crippen LogP contribution in [-0.2, 0) is 29.7 Å². The van der Waals surface area contributed by atoms with E-state index in [0.717, 1.165) is 21.2 Å². The Morgan fingerprint density at radius 2 is 1.77 bits per heavy atom. The minimum atomic E-state index is -3.98. The molecule has 218 valence electrons. The maximum Gasteiger partial charge on any atom is 0.264 e. The van der Waals surface area contributed by atoms with E-state index < -0.39 is 10.0 Å². The lowest BCUT2D eigenvalue weighted by Gasteiger charge is -2.25. The molecule has 3 heterocycles. The number of hydrogen-bond acceptors (Lipinski definition) is 7. The highest BCUT2D eigenvalue weighted by Gasteiger charge is 2.27. The fraction of sp³-hybridized carbons (Fsp3) is 0.0909. The lowest BCUT2D eigenvalue weighted by molar-refractivity contribution is 0.0955. The molecule has 0 atom stereocenters. The molecule has 44 heavy (non-hydrogen) atoms. The number of carbonyl (C=O) groups is 1. The van der Waals surface area contributed by atoms with Crippen molar-refractivity contribution in [1.82, 2.24) is 19.9 Å². The van der Waals surface area contributed by atoms with Crippen molar-refractivity contribution in [2.24, 2.45) is 0 Å². The summed E-state index contributed by atoms with van der Waals surface area (Å²) < 4.78 is 32.2. The van der Waals surface area contributed by atoms with Gasteiger partial charge in [0.1, 0.15) is 5.82 Å². The highest BCUT2D eigenvalue weighted by molar-refractivity contribution is 7.92. The first-order chi connectivity index (χ1) is 21.4. The van der Waals surface area contributed by atoms with E-state index in [1.165, 1.54) is 15.6 Å². The van der Waals surface area contributed by atoms with Gasteiger partial charge in [0.05, 0.1) is 33.6 Å². The molecule has 0 fully saturated rings. The van der Waals surface area contributed by atoms with Crippen LogP contribution in [0.3, 0.4) is 0 Å². The summed E-state index contributed by atoms with van der Waals surface area (Å²) in [4.78, 5) is 22.2. The fourth-order valence-electron chi connectivity index (χ4n) is 4.75. The number of rotatable bonds is 10. The van der Waals surface area contributed by atoms with Crippen molar-refractivity contribution in [1.29, 1.82) is 5.26 Å². The number of nitrogens with one attached hydrogen (secondary N) is 1. The number of pyridine rings is 1. The number of carbonyl (C=O) groups excluding carboxylic acids is 1. The van der Waals surface area contributed by atoms with Crippen molar-refractivity contribution in [3.05, 3.63) is 143 Å². The molecule has 0 saturated heterocycles. The van der Waals surface area contributed by atoms with E-state index in [4.69, 9.17) is 5.26 Å². The van der Waals surface area contributed by atoms with Gasteiger partial charge >= 0.3 is 0 Å². The number of sulfonamides is 1. The van der Waals surface area contributed by atoms with Crippen molar-refractivity contribution >= 4 is 43.0 Å². The van der Waals surface area contributed by atoms with Gasteiger partial charge in [0.25, 0.3) is 15.9 Å². The van der Waals surface area contributed by atoms with Crippen LogP contribution >= 0.6 is 11.3 Å². The summed E-state index contributed by atoms with van der Waals surface area (Å²) in [5, 5.41) is 12.8. The number of imidazole rings is 1. The maximum absolute atomic E-state index is 14.1. The average Bonchev–Trinajstić information content (AvgIpc) is 3.70. The Hall–Kier alpha value is -5.31. The van der Waals surface area contributed by atoms with E-state index in [1.807, 2.05) is 34.9 Å². The van der Waals surface area contributed by atoms with Crippen LogP contribution in [0.5, 0.6) is 0 Å². The van der Waals surface area contributed by atoms with E-state index in [1.54, 1.807) is 85.5 Å². The highest BCUT2D eigenvalue weighted by atomic mass is 32.2. The zero-order valence-corrected chi connectivity index (χ0v) is 25.0. The molecule has 0 aliphatic carbocycles. The molecule has 3 aromatic carbocycles. The molecule has 0 unspecified atom stereocenters. The van der Waals surface area contributed by atoms with Crippen molar-refractivity contribution < 1.29 is 13.2 Å². The van der Waals surface area contributed by atoms with E-state index in [0.29, 0.717) is 35.0 Å². The molecule has 3 aromatic heterocycles. The Morgan fingerprint density at radius 3 is 2.52 bits per heavy atom. The van der Waals surface area contributed by atoms with Gasteiger partial charge in [-0.3, -0.25) is 14.1 Å². The van der Waals surface area contributed by atoms with Crippen molar-refractivity contribution in [3.8, 4) is 6.07 Å². The Labute approximate surface area is 258 Å². The Morgan fingerprint density at radius 1 is 0.955 bits per heavy atom. The van der Waals surface area contributed by atoms with Gasteiger partial charge in [0, 0.05) is 42.6 Å². The van der Waals surface area contributed by atoms with E-state index in [2.05, 4.69) is 21.4 Å². The summed E-state index contributed by atoms with van der Waals surface area (Å²) in [6.07, 6.45) is 6.83. The molecule has 1 N–H and O–H groups in total. The molecule has 0 spiro atoms. The number of amides is 1. The summed E-state index contributed by atoms with van der Waals surface area (Å²) in [5.74, 6) is 0.338. The molecule has 11 heteroatoms. The van der Waals surface area contributed by atoms with Crippen molar-refractivity contribution in [2.75, 3.05) is 4.31 Å². The van der Waals surface area contributed by atoms with Crippen LogP contribution in [0.2, 0.25) is 0 Å². The largest absolute Gasteiger partial charge is 0.347 e. The first-order valence-corrected chi connectivity index (χ1v) is 15.9. The van der Waals surface area contributed by atoms with Gasteiger partial charge in [0.2, 0.25) is 0 Å². The Balaban J connectivity index is 1.31. The normalized spacial score (nSPS) is 11.2. The summed E-state index contributed by atoms with van der Waals surface area (Å²) in [7, 11) is -3.98. The molecule has 0 aliphatic heterocycles. The molecule has 6 aromatic rings. The number of nitriles is 1. The molecule has 9 nitrogen and oxygen atoms in total. The number of hydrogen-bond donors (Lipinski definition) is 1. The summed E-state index contributed by atoms with van der Waals surface area (Å²) in [6.45, 7) is 0.792. The van der Waals surface area contributed by atoms with E-state index in [-0.39, 0.29) is 17.3 Å². The van der Waals surface area contributed by atoms with Crippen LogP contribution in [0, 0.1) is 11.3 Å². The first-order valence-electron chi connectivity index (χ1n) is 13.7. The van der Waals surface area contributed by atoms with E-state index >= 15 is 0 Å². The minimum absolute atomic E-state index is 0.0192. The highest BCUT2D eigenvalue weighted by Crippen LogP contribution is 2.33. The molecular formula is C33H26N6O3S2. The average molecular weight is 619 g/mol. The topological polar surface area (TPSA) is 121 Å². The van der Waals surface area contributed by atoms with Crippen LogP contribution in [-0.4, -0.2) is 28.9 Å². The first kappa shape index (κ1) is 28.8. The summed E-state index contributed by atoms with van der Waals surface area (Å²) in [5.41, 5.74) is 2.87. The van der Waals surface area contributed by atoms with Crippen LogP contribution in [0.25, 0.3) is 10.1 Å². The van der Waals surface area contributed by atoms with Crippen LogP contribution in [0.15, 0.2) is 121 Å². The molecule has 6 rings (SSSR count). The smallest absolute Gasteiger partial charge is 0.264 e.